The molecule has 0 saturated carbocycles. The number of hydrogen-bond acceptors (Lipinski definition) is 2. The van der Waals surface area contributed by atoms with Gasteiger partial charge in [0.15, 0.2) is 0 Å². The van der Waals surface area contributed by atoms with Gasteiger partial charge in [0.25, 0.3) is 0 Å². The largest absolute Gasteiger partial charge is 0.496 e. The smallest absolute Gasteiger partial charge is 0.122 e. The highest BCUT2D eigenvalue weighted by atomic mass is 32.1. The van der Waals surface area contributed by atoms with Gasteiger partial charge in [-0.25, -0.2) is 0 Å². The second kappa shape index (κ2) is 7.38. The monoisotopic (exact) mass is 320 g/mol. The second-order valence-electron chi connectivity index (χ2n) is 5.57. The maximum absolute atomic E-state index is 5.62. The fourth-order valence-corrected chi connectivity index (χ4v) is 3.13. The molecule has 0 heterocycles. The van der Waals surface area contributed by atoms with Gasteiger partial charge in [-0.2, -0.15) is 0 Å². The lowest BCUT2D eigenvalue weighted by Gasteiger charge is -2.16. The first-order chi connectivity index (χ1) is 11.3. The summed E-state index contributed by atoms with van der Waals surface area (Å²) in [4.78, 5) is 1.01. The SMILES string of the molecule is COc1ccc(S)c(Cc2ccccc2)c1Cc1ccccc1. The van der Waals surface area contributed by atoms with Gasteiger partial charge < -0.3 is 4.74 Å². The van der Waals surface area contributed by atoms with E-state index in [2.05, 4.69) is 48.5 Å². The fraction of sp³-hybridized carbons (Fsp3) is 0.143. The molecule has 0 fully saturated rings. The summed E-state index contributed by atoms with van der Waals surface area (Å²) < 4.78 is 5.62. The molecule has 0 radical (unpaired) electrons. The third-order valence-corrected chi connectivity index (χ3v) is 4.45. The molecule has 0 aliphatic rings. The minimum atomic E-state index is 0.848. The molecular weight excluding hydrogens is 300 g/mol. The van der Waals surface area contributed by atoms with E-state index in [1.54, 1.807) is 7.11 Å². The molecule has 3 rings (SSSR count). The number of methoxy groups -OCH3 is 1. The van der Waals surface area contributed by atoms with Crippen molar-refractivity contribution in [2.24, 2.45) is 0 Å². The lowest BCUT2D eigenvalue weighted by molar-refractivity contribution is 0.409. The molecule has 0 N–H and O–H groups in total. The number of thiol groups is 1. The number of rotatable bonds is 5. The maximum Gasteiger partial charge on any atom is 0.122 e. The van der Waals surface area contributed by atoms with Gasteiger partial charge in [-0.15, -0.1) is 12.6 Å². The Kier molecular flexibility index (Phi) is 5.04. The van der Waals surface area contributed by atoms with Crippen molar-refractivity contribution in [3.05, 3.63) is 95.1 Å². The summed E-state index contributed by atoms with van der Waals surface area (Å²) in [6, 6.07) is 25.0. The molecule has 2 heteroatoms. The second-order valence-corrected chi connectivity index (χ2v) is 6.05. The normalized spacial score (nSPS) is 10.5. The zero-order valence-electron chi connectivity index (χ0n) is 13.2. The Morgan fingerprint density at radius 3 is 1.74 bits per heavy atom. The van der Waals surface area contributed by atoms with Gasteiger partial charge in [0, 0.05) is 16.9 Å². The summed E-state index contributed by atoms with van der Waals surface area (Å²) in [6.45, 7) is 0. The molecule has 0 atom stereocenters. The average molecular weight is 320 g/mol. The van der Waals surface area contributed by atoms with Crippen LogP contribution in [0.2, 0.25) is 0 Å². The molecule has 23 heavy (non-hydrogen) atoms. The van der Waals surface area contributed by atoms with E-state index >= 15 is 0 Å². The van der Waals surface area contributed by atoms with Crippen LogP contribution < -0.4 is 4.74 Å². The van der Waals surface area contributed by atoms with E-state index in [4.69, 9.17) is 17.4 Å². The van der Waals surface area contributed by atoms with E-state index in [1.807, 2.05) is 24.3 Å². The Bertz CT molecular complexity index is 767. The van der Waals surface area contributed by atoms with Crippen molar-refractivity contribution < 1.29 is 4.74 Å². The summed E-state index contributed by atoms with van der Waals surface area (Å²) in [5.74, 6) is 0.928. The molecule has 0 aliphatic carbocycles. The van der Waals surface area contributed by atoms with E-state index in [1.165, 1.54) is 22.3 Å². The van der Waals surface area contributed by atoms with Crippen LogP contribution in [0.25, 0.3) is 0 Å². The summed E-state index contributed by atoms with van der Waals surface area (Å²) in [5.41, 5.74) is 5.02. The van der Waals surface area contributed by atoms with Crippen molar-refractivity contribution in [3.63, 3.8) is 0 Å². The summed E-state index contributed by atoms with van der Waals surface area (Å²) in [5, 5.41) is 0. The van der Waals surface area contributed by atoms with Crippen LogP contribution >= 0.6 is 12.6 Å². The first-order valence-corrected chi connectivity index (χ1v) is 8.18. The van der Waals surface area contributed by atoms with Crippen LogP contribution in [0, 0.1) is 0 Å². The summed E-state index contributed by atoms with van der Waals surface area (Å²) in [7, 11) is 1.73. The predicted octanol–water partition coefficient (Wildman–Crippen LogP) is 5.17. The molecule has 3 aromatic rings. The van der Waals surface area contributed by atoms with Crippen LogP contribution in [0.4, 0.5) is 0 Å². The lowest BCUT2D eigenvalue weighted by Crippen LogP contribution is -2.02. The molecule has 0 aromatic heterocycles. The highest BCUT2D eigenvalue weighted by Crippen LogP contribution is 2.31. The molecule has 0 amide bonds. The molecule has 116 valence electrons. The molecule has 3 aromatic carbocycles. The summed E-state index contributed by atoms with van der Waals surface area (Å²) >= 11 is 4.69. The van der Waals surface area contributed by atoms with Crippen molar-refractivity contribution in [2.45, 2.75) is 17.7 Å². The maximum atomic E-state index is 5.62. The van der Waals surface area contributed by atoms with Crippen molar-refractivity contribution in [1.29, 1.82) is 0 Å². The molecular formula is C21H20OS. The lowest BCUT2D eigenvalue weighted by atomic mass is 9.94. The predicted molar refractivity (Wildman–Crippen MR) is 98.7 cm³/mol. The van der Waals surface area contributed by atoms with Gasteiger partial charge >= 0.3 is 0 Å². The Morgan fingerprint density at radius 2 is 1.22 bits per heavy atom. The Balaban J connectivity index is 2.03. The molecule has 0 aliphatic heterocycles. The fourth-order valence-electron chi connectivity index (χ4n) is 2.84. The van der Waals surface area contributed by atoms with Crippen molar-refractivity contribution in [1.82, 2.24) is 0 Å². The van der Waals surface area contributed by atoms with Crippen LogP contribution in [0.15, 0.2) is 77.7 Å². The zero-order chi connectivity index (χ0) is 16.1. The van der Waals surface area contributed by atoms with Gasteiger partial charge in [0.05, 0.1) is 7.11 Å². The third-order valence-electron chi connectivity index (χ3n) is 4.03. The molecule has 0 unspecified atom stereocenters. The molecule has 0 spiro atoms. The quantitative estimate of drug-likeness (QED) is 0.638. The van der Waals surface area contributed by atoms with E-state index in [0.717, 1.165) is 23.5 Å². The Hall–Kier alpha value is -2.19. The average Bonchev–Trinajstić information content (AvgIpc) is 2.60. The van der Waals surface area contributed by atoms with Crippen LogP contribution in [-0.2, 0) is 12.8 Å². The standard InChI is InChI=1S/C21H20OS/c1-22-20-12-13-21(23)19(15-17-10-6-3-7-11-17)18(20)14-16-8-4-2-5-9-16/h2-13,23H,14-15H2,1H3. The van der Waals surface area contributed by atoms with Gasteiger partial charge in [0.2, 0.25) is 0 Å². The highest BCUT2D eigenvalue weighted by Gasteiger charge is 2.13. The van der Waals surface area contributed by atoms with E-state index in [-0.39, 0.29) is 0 Å². The third kappa shape index (κ3) is 3.77. The van der Waals surface area contributed by atoms with Crippen molar-refractivity contribution >= 4 is 12.6 Å². The first kappa shape index (κ1) is 15.7. The van der Waals surface area contributed by atoms with Gasteiger partial charge in [0.1, 0.15) is 5.75 Å². The van der Waals surface area contributed by atoms with E-state index < -0.39 is 0 Å². The molecule has 1 nitrogen and oxygen atoms in total. The van der Waals surface area contributed by atoms with Gasteiger partial charge in [-0.05, 0) is 35.2 Å². The molecule has 0 saturated heterocycles. The highest BCUT2D eigenvalue weighted by molar-refractivity contribution is 7.80. The number of ether oxygens (including phenoxy) is 1. The Morgan fingerprint density at radius 1 is 0.696 bits per heavy atom. The van der Waals surface area contributed by atoms with Crippen LogP contribution in [0.3, 0.4) is 0 Å². The van der Waals surface area contributed by atoms with E-state index in [9.17, 15) is 0 Å². The van der Waals surface area contributed by atoms with Crippen molar-refractivity contribution in [3.8, 4) is 5.75 Å². The molecule has 0 bridgehead atoms. The minimum absolute atomic E-state index is 0.848. The van der Waals surface area contributed by atoms with Crippen LogP contribution in [0.1, 0.15) is 22.3 Å². The number of benzene rings is 3. The first-order valence-electron chi connectivity index (χ1n) is 7.73. The Labute approximate surface area is 143 Å². The van der Waals surface area contributed by atoms with E-state index in [0.29, 0.717) is 0 Å². The summed E-state index contributed by atoms with van der Waals surface area (Å²) in [6.07, 6.45) is 1.71. The van der Waals surface area contributed by atoms with Crippen LogP contribution in [-0.4, -0.2) is 7.11 Å². The van der Waals surface area contributed by atoms with Gasteiger partial charge in [-0.3, -0.25) is 0 Å². The topological polar surface area (TPSA) is 9.23 Å². The van der Waals surface area contributed by atoms with Gasteiger partial charge in [-0.1, -0.05) is 60.7 Å². The van der Waals surface area contributed by atoms with Crippen molar-refractivity contribution in [2.75, 3.05) is 7.11 Å². The van der Waals surface area contributed by atoms with Crippen LogP contribution in [0.5, 0.6) is 5.75 Å². The minimum Gasteiger partial charge on any atom is -0.496 e. The number of hydrogen-bond donors (Lipinski definition) is 1. The zero-order valence-corrected chi connectivity index (χ0v) is 14.1.